The summed E-state index contributed by atoms with van der Waals surface area (Å²) in [5, 5.41) is 0. The van der Waals surface area contributed by atoms with Gasteiger partial charge in [-0.1, -0.05) is 155 Å². The molecule has 0 unspecified atom stereocenters. The molecule has 0 N–H and O–H groups in total. The van der Waals surface area contributed by atoms with Crippen LogP contribution in [0.3, 0.4) is 0 Å². The summed E-state index contributed by atoms with van der Waals surface area (Å²) < 4.78 is 103. The standard InChI is InChI=1S/C26H30N.C24H26N.C22H22N.C21H20N/c1-17-13-25(27(6)16-20(17)15-26(3,4)5)21-11-12-23-22-10-8-7-9-19(22)14-24(23)18(21)2;1-15(2)23-14-25(5)24(12-16(23)3)19-10-11-21-20-9-7-6-8-18(20)13-22(21)17(19)4;1-14-5-7-19-17(11-14)12-21-16(3)18(8-9-20(19)21)22-10-6-15(2)13-23(22)4;1-14-7-8-18-16(12-14)13-20-15(2)17(9-10-19(18)20)21-6-4-5-11-22(21)3/h7-13,16H,14-15H2,1-6H3;6-12,14-15H,13H2,1-5H3;5-11,13H,12H2,1-4H3;4-12H,13H2,1-3H3/q4*+1/i15D2;15D;1D3,2D3;1D3. The quantitative estimate of drug-likeness (QED) is 0.148. The first-order chi connectivity index (χ1) is 51.1. The first kappa shape index (κ1) is 52.5. The molecule has 0 saturated carbocycles. The number of hydrogen-bond donors (Lipinski definition) is 0. The number of fused-ring (bicyclic) bond motifs is 12. The van der Waals surface area contributed by atoms with Crippen LogP contribution in [-0.2, 0) is 60.2 Å². The number of benzene rings is 8. The fourth-order valence-electron chi connectivity index (χ4n) is 15.5. The van der Waals surface area contributed by atoms with Crippen LogP contribution >= 0.6 is 0 Å². The zero-order chi connectivity index (χ0) is 78.7. The van der Waals surface area contributed by atoms with E-state index in [1.54, 1.807) is 30.5 Å². The molecule has 0 saturated heterocycles. The summed E-state index contributed by atoms with van der Waals surface area (Å²) in [5.41, 5.74) is 39.4. The lowest BCUT2D eigenvalue weighted by atomic mass is 9.86. The fraction of sp³-hybridized carbons (Fsp3) is 0.269. The number of nitrogens with zero attached hydrogens (tertiary/aromatic N) is 4. The molecule has 12 aromatic rings. The van der Waals surface area contributed by atoms with E-state index in [1.165, 1.54) is 112 Å². The molecule has 4 aromatic heterocycles. The summed E-state index contributed by atoms with van der Waals surface area (Å²) in [5.74, 6) is -0.588. The SMILES string of the molecule is [2H]C(C)(C)c1c[n+](C)c(-c2ccc3c(c2C)Cc2ccccc2-3)cc1C.[2H]C([2H])([2H])c1ccc2c(c1)Cc1c-2ccc(-c2ccc(C([2H])([2H])[2H])c[n+]2C)c1C.[2H]C([2H])([2H])c1ccc2c(c1)Cc1c-2ccc(-c2cccc[n+]2C)c1C.[2H]C([2H])(c1c[n+](C)c(-c2ccc3c(c2C)Cc2ccccc2-3)cc1C)C(C)(C)C. The predicted molar refractivity (Wildman–Crippen MR) is 405 cm³/mol. The van der Waals surface area contributed by atoms with Gasteiger partial charge in [-0.25, -0.2) is 18.3 Å². The van der Waals surface area contributed by atoms with Crippen molar-refractivity contribution in [3.05, 3.63) is 306 Å². The molecule has 0 atom stereocenters. The highest BCUT2D eigenvalue weighted by Crippen LogP contribution is 2.46. The van der Waals surface area contributed by atoms with Crippen LogP contribution < -0.4 is 18.3 Å². The van der Waals surface area contributed by atoms with Gasteiger partial charge in [0.25, 0.3) is 0 Å². The van der Waals surface area contributed by atoms with E-state index in [0.717, 1.165) is 86.3 Å². The van der Waals surface area contributed by atoms with Crippen molar-refractivity contribution in [1.29, 1.82) is 0 Å². The Kier molecular flexibility index (Phi) is 14.3. The van der Waals surface area contributed by atoms with Gasteiger partial charge >= 0.3 is 0 Å². The summed E-state index contributed by atoms with van der Waals surface area (Å²) in [6.45, 7) is 16.3. The maximum Gasteiger partial charge on any atom is 0.212 e. The molecule has 0 fully saturated rings. The molecule has 4 heteroatoms. The molecule has 16 rings (SSSR count). The van der Waals surface area contributed by atoms with E-state index in [0.29, 0.717) is 23.1 Å². The monoisotopic (exact) mass is 1280 g/mol. The Bertz CT molecular complexity index is 5640. The lowest BCUT2D eigenvalue weighted by molar-refractivity contribution is -0.661. The Morgan fingerprint density at radius 1 is 0.371 bits per heavy atom. The van der Waals surface area contributed by atoms with E-state index in [2.05, 4.69) is 196 Å². The lowest BCUT2D eigenvalue weighted by Gasteiger charge is -2.19. The van der Waals surface area contributed by atoms with E-state index >= 15 is 0 Å². The molecule has 4 nitrogen and oxygen atoms in total. The predicted octanol–water partition coefficient (Wildman–Crippen LogP) is 20.5. The van der Waals surface area contributed by atoms with Gasteiger partial charge in [-0.15, -0.1) is 0 Å². The molecule has 0 spiro atoms. The molecule has 4 heterocycles. The first-order valence-electron chi connectivity index (χ1n) is 40.0. The van der Waals surface area contributed by atoms with Crippen LogP contribution in [0, 0.1) is 67.5 Å². The molecular weight excluding hydrogens is 1170 g/mol. The Hall–Kier alpha value is -9.64. The van der Waals surface area contributed by atoms with Crippen LogP contribution in [0.5, 0.6) is 0 Å². The average Bonchev–Trinajstić information content (AvgIpc) is 1.71. The Labute approximate surface area is 596 Å². The largest absolute Gasteiger partial charge is 0.212 e. The van der Waals surface area contributed by atoms with Crippen molar-refractivity contribution in [3.8, 4) is 89.5 Å². The molecule has 8 aromatic carbocycles. The molecule has 4 aliphatic rings. The molecule has 0 radical (unpaired) electrons. The first-order valence-corrected chi connectivity index (χ1v) is 34.0. The summed E-state index contributed by atoms with van der Waals surface area (Å²) in [7, 11) is 8.03. The van der Waals surface area contributed by atoms with Crippen LogP contribution in [0.4, 0.5) is 0 Å². The maximum absolute atomic E-state index is 8.70. The third-order valence-electron chi connectivity index (χ3n) is 20.6. The second kappa shape index (κ2) is 26.4. The van der Waals surface area contributed by atoms with Crippen molar-refractivity contribution in [2.75, 3.05) is 0 Å². The van der Waals surface area contributed by atoms with Gasteiger partial charge in [-0.3, -0.25) is 0 Å². The van der Waals surface area contributed by atoms with E-state index in [9.17, 15) is 0 Å². The summed E-state index contributed by atoms with van der Waals surface area (Å²) in [6.07, 6.45) is 9.92. The average molecular weight is 1280 g/mol. The highest BCUT2D eigenvalue weighted by atomic mass is 14.9. The van der Waals surface area contributed by atoms with Gasteiger partial charge < -0.3 is 0 Å². The van der Waals surface area contributed by atoms with Crippen LogP contribution in [0.2, 0.25) is 0 Å². The molecular formula is C93H98N4+4. The Morgan fingerprint density at radius 3 is 1.19 bits per heavy atom. The fourth-order valence-corrected chi connectivity index (χ4v) is 15.5. The normalized spacial score (nSPS) is 14.9. The lowest BCUT2D eigenvalue weighted by Crippen LogP contribution is -2.32. The highest BCUT2D eigenvalue weighted by Gasteiger charge is 2.30. The van der Waals surface area contributed by atoms with Crippen LogP contribution in [-0.4, -0.2) is 0 Å². The number of rotatable bonds is 6. The van der Waals surface area contributed by atoms with E-state index < -0.39 is 38.2 Å². The Balaban J connectivity index is 0.000000128. The Morgan fingerprint density at radius 2 is 0.742 bits per heavy atom. The summed E-state index contributed by atoms with van der Waals surface area (Å²) >= 11 is 0. The molecule has 0 bridgehead atoms. The third-order valence-corrected chi connectivity index (χ3v) is 20.6. The van der Waals surface area contributed by atoms with Crippen molar-refractivity contribution in [1.82, 2.24) is 0 Å². The van der Waals surface area contributed by atoms with Crippen molar-refractivity contribution in [2.45, 2.75) is 135 Å². The smallest absolute Gasteiger partial charge is 0.201 e. The van der Waals surface area contributed by atoms with Crippen LogP contribution in [0.15, 0.2) is 201 Å². The number of pyridine rings is 4. The molecule has 0 amide bonds. The van der Waals surface area contributed by atoms with Gasteiger partial charge in [0.1, 0.15) is 28.2 Å². The van der Waals surface area contributed by atoms with Crippen LogP contribution in [0.25, 0.3) is 89.5 Å². The minimum absolute atomic E-state index is 0.312. The highest BCUT2D eigenvalue weighted by molar-refractivity contribution is 5.86. The summed E-state index contributed by atoms with van der Waals surface area (Å²) in [4.78, 5) is 0. The second-order valence-corrected chi connectivity index (χ2v) is 28.5. The molecule has 486 valence electrons. The summed E-state index contributed by atoms with van der Waals surface area (Å²) in [6, 6.07) is 60.0. The van der Waals surface area contributed by atoms with E-state index in [4.69, 9.17) is 16.4 Å². The van der Waals surface area contributed by atoms with Crippen molar-refractivity contribution in [3.63, 3.8) is 0 Å². The maximum atomic E-state index is 8.70. The molecule has 0 aliphatic heterocycles. The van der Waals surface area contributed by atoms with E-state index in [-0.39, 0.29) is 0 Å². The third kappa shape index (κ3) is 12.8. The second-order valence-electron chi connectivity index (χ2n) is 28.5. The van der Waals surface area contributed by atoms with Gasteiger partial charge in [0.2, 0.25) is 22.8 Å². The topological polar surface area (TPSA) is 15.5 Å². The minimum Gasteiger partial charge on any atom is -0.201 e. The molecule has 4 aliphatic carbocycles. The van der Waals surface area contributed by atoms with Crippen molar-refractivity contribution >= 4 is 0 Å². The van der Waals surface area contributed by atoms with Gasteiger partial charge in [0.05, 0.1) is 0 Å². The van der Waals surface area contributed by atoms with Gasteiger partial charge in [0, 0.05) is 85.7 Å². The van der Waals surface area contributed by atoms with Gasteiger partial charge in [-0.2, -0.15) is 0 Å². The zero-order valence-electron chi connectivity index (χ0n) is 71.2. The van der Waals surface area contributed by atoms with Gasteiger partial charge in [0.15, 0.2) is 24.8 Å². The zero-order valence-corrected chi connectivity index (χ0v) is 59.2. The number of hydrogen-bond acceptors (Lipinski definition) is 0. The van der Waals surface area contributed by atoms with Gasteiger partial charge in [-0.05, 0) is 264 Å². The van der Waals surface area contributed by atoms with E-state index in [1.807, 2.05) is 96.7 Å². The minimum atomic E-state index is -2.13. The van der Waals surface area contributed by atoms with Crippen molar-refractivity contribution < 1.29 is 34.7 Å². The van der Waals surface area contributed by atoms with Crippen LogP contribution in [0.1, 0.15) is 163 Å². The number of aromatic nitrogens is 4. The number of aryl methyl sites for hydroxylation is 9. The van der Waals surface area contributed by atoms with Crippen molar-refractivity contribution in [2.24, 2.45) is 33.6 Å². The molecule has 97 heavy (non-hydrogen) atoms.